The Kier molecular flexibility index (Phi) is 5.43. The van der Waals surface area contributed by atoms with Crippen LogP contribution in [0.2, 0.25) is 0 Å². The van der Waals surface area contributed by atoms with Gasteiger partial charge in [-0.2, -0.15) is 0 Å². The number of aryl methyl sites for hydroxylation is 1. The van der Waals surface area contributed by atoms with Crippen LogP contribution in [0, 0.1) is 5.82 Å². The number of nitrogen functional groups attached to an aromatic ring is 1. The molecule has 27 heavy (non-hydrogen) atoms. The maximum atomic E-state index is 14.6. The van der Waals surface area contributed by atoms with Gasteiger partial charge in [0.2, 0.25) is 0 Å². The number of unbranched alkanes of at least 4 members (excludes halogenated alkanes) is 2. The van der Waals surface area contributed by atoms with Gasteiger partial charge in [0.25, 0.3) is 12.0 Å². The van der Waals surface area contributed by atoms with Crippen molar-refractivity contribution in [2.45, 2.75) is 39.2 Å². The molecule has 2 aromatic heterocycles. The molecule has 0 unspecified atom stereocenters. The van der Waals surface area contributed by atoms with Crippen LogP contribution in [0.25, 0.3) is 22.2 Å². The quantitative estimate of drug-likeness (QED) is 0.651. The van der Waals surface area contributed by atoms with Gasteiger partial charge < -0.3 is 10.3 Å². The number of hydrogen-bond acceptors (Lipinski definition) is 4. The van der Waals surface area contributed by atoms with Crippen molar-refractivity contribution in [3.05, 3.63) is 52.3 Å². The molecule has 142 valence electrons. The van der Waals surface area contributed by atoms with Crippen molar-refractivity contribution in [2.24, 2.45) is 0 Å². The molecule has 0 saturated carbocycles. The van der Waals surface area contributed by atoms with Gasteiger partial charge in [0, 0.05) is 18.9 Å². The van der Waals surface area contributed by atoms with Crippen LogP contribution in [0.15, 0.2) is 35.4 Å². The minimum Gasteiger partial charge on any atom is -0.383 e. The van der Waals surface area contributed by atoms with Gasteiger partial charge in [-0.25, -0.2) is 23.1 Å². The van der Waals surface area contributed by atoms with Gasteiger partial charge in [-0.05, 0) is 30.0 Å². The average molecular weight is 376 g/mol. The van der Waals surface area contributed by atoms with E-state index < -0.39 is 23.6 Å². The SMILES string of the molecule is CCCCCn1ccc2cc(-c3ncc(C(F)F)c(N)n3)c(F)cc2c1=O. The Morgan fingerprint density at radius 2 is 2.04 bits per heavy atom. The Labute approximate surface area is 153 Å². The van der Waals surface area contributed by atoms with Crippen LogP contribution in [-0.2, 0) is 6.54 Å². The molecular formula is C19H19F3N4O. The Morgan fingerprint density at radius 3 is 2.70 bits per heavy atom. The van der Waals surface area contributed by atoms with Gasteiger partial charge in [-0.1, -0.05) is 19.8 Å². The van der Waals surface area contributed by atoms with E-state index in [0.29, 0.717) is 11.9 Å². The van der Waals surface area contributed by atoms with E-state index in [9.17, 15) is 18.0 Å². The van der Waals surface area contributed by atoms with Gasteiger partial charge in [0.05, 0.1) is 16.5 Å². The van der Waals surface area contributed by atoms with E-state index in [2.05, 4.69) is 16.9 Å². The summed E-state index contributed by atoms with van der Waals surface area (Å²) in [5.41, 5.74) is 4.74. The van der Waals surface area contributed by atoms with Crippen molar-refractivity contribution < 1.29 is 13.2 Å². The number of nitrogens with zero attached hydrogens (tertiary/aromatic N) is 3. The second kappa shape index (κ2) is 7.77. The van der Waals surface area contributed by atoms with Crippen molar-refractivity contribution in [2.75, 3.05) is 5.73 Å². The number of fused-ring (bicyclic) bond motifs is 1. The third-order valence-corrected chi connectivity index (χ3v) is 4.39. The third kappa shape index (κ3) is 3.79. The van der Waals surface area contributed by atoms with Crippen LogP contribution in [-0.4, -0.2) is 14.5 Å². The number of rotatable bonds is 6. The normalized spacial score (nSPS) is 11.4. The lowest BCUT2D eigenvalue weighted by atomic mass is 10.1. The molecule has 1 aromatic carbocycles. The number of aromatic nitrogens is 3. The van der Waals surface area contributed by atoms with Crippen LogP contribution >= 0.6 is 0 Å². The van der Waals surface area contributed by atoms with E-state index in [1.807, 2.05) is 0 Å². The third-order valence-electron chi connectivity index (χ3n) is 4.39. The first-order valence-corrected chi connectivity index (χ1v) is 8.66. The second-order valence-electron chi connectivity index (χ2n) is 6.28. The highest BCUT2D eigenvalue weighted by molar-refractivity contribution is 5.86. The second-order valence-corrected chi connectivity index (χ2v) is 6.28. The summed E-state index contributed by atoms with van der Waals surface area (Å²) < 4.78 is 41.7. The molecular weight excluding hydrogens is 357 g/mol. The molecule has 0 aliphatic heterocycles. The van der Waals surface area contributed by atoms with Crippen LogP contribution in [0.5, 0.6) is 0 Å². The standard InChI is InChI=1S/C19H19F3N4O/c1-2-3-4-6-26-7-5-11-8-13(15(20)9-12(11)19(26)27)18-24-10-14(16(21)22)17(23)25-18/h5,7-10,16H,2-4,6H2,1H3,(H2,23,24,25). The van der Waals surface area contributed by atoms with Crippen molar-refractivity contribution in [1.29, 1.82) is 0 Å². The predicted octanol–water partition coefficient (Wildman–Crippen LogP) is 4.31. The number of hydrogen-bond donors (Lipinski definition) is 1. The number of pyridine rings is 1. The van der Waals surface area contributed by atoms with E-state index >= 15 is 0 Å². The summed E-state index contributed by atoms with van der Waals surface area (Å²) in [4.78, 5) is 20.1. The first kappa shape index (κ1) is 18.9. The smallest absolute Gasteiger partial charge is 0.268 e. The molecule has 0 bridgehead atoms. The van der Waals surface area contributed by atoms with Crippen LogP contribution in [0.4, 0.5) is 19.0 Å². The van der Waals surface area contributed by atoms with Crippen molar-refractivity contribution in [3.63, 3.8) is 0 Å². The molecule has 0 amide bonds. The van der Waals surface area contributed by atoms with Crippen LogP contribution < -0.4 is 11.3 Å². The minimum absolute atomic E-state index is 0.00171. The van der Waals surface area contributed by atoms with Crippen LogP contribution in [0.3, 0.4) is 0 Å². The molecule has 0 atom stereocenters. The van der Waals surface area contributed by atoms with Crippen LogP contribution in [0.1, 0.15) is 38.2 Å². The average Bonchev–Trinajstić information content (AvgIpc) is 2.63. The zero-order valence-corrected chi connectivity index (χ0v) is 14.8. The molecule has 0 spiro atoms. The zero-order chi connectivity index (χ0) is 19.6. The largest absolute Gasteiger partial charge is 0.383 e. The molecule has 5 nitrogen and oxygen atoms in total. The van der Waals surface area contributed by atoms with Gasteiger partial charge in [-0.15, -0.1) is 0 Å². The fourth-order valence-electron chi connectivity index (χ4n) is 2.89. The highest BCUT2D eigenvalue weighted by atomic mass is 19.3. The Balaban J connectivity index is 2.04. The molecule has 0 aliphatic rings. The Hall–Kier alpha value is -2.90. The Bertz CT molecular complexity index is 1030. The molecule has 2 heterocycles. The first-order chi connectivity index (χ1) is 12.9. The summed E-state index contributed by atoms with van der Waals surface area (Å²) in [5, 5.41) is 0.760. The Morgan fingerprint density at radius 1 is 1.26 bits per heavy atom. The van der Waals surface area contributed by atoms with E-state index in [4.69, 9.17) is 5.73 Å². The van der Waals surface area contributed by atoms with Gasteiger partial charge in [0.1, 0.15) is 11.6 Å². The molecule has 0 aliphatic carbocycles. The lowest BCUT2D eigenvalue weighted by molar-refractivity contribution is 0.151. The van der Waals surface area contributed by atoms with Crippen molar-refractivity contribution in [1.82, 2.24) is 14.5 Å². The number of anilines is 1. The summed E-state index contributed by atoms with van der Waals surface area (Å²) in [6, 6.07) is 4.27. The summed E-state index contributed by atoms with van der Waals surface area (Å²) in [6.07, 6.45) is 2.64. The lowest BCUT2D eigenvalue weighted by Gasteiger charge is -2.10. The monoisotopic (exact) mass is 376 g/mol. The van der Waals surface area contributed by atoms with E-state index in [0.717, 1.165) is 31.5 Å². The van der Waals surface area contributed by atoms with Crippen molar-refractivity contribution in [3.8, 4) is 11.4 Å². The summed E-state index contributed by atoms with van der Waals surface area (Å²) >= 11 is 0. The zero-order valence-electron chi connectivity index (χ0n) is 14.8. The molecule has 0 fully saturated rings. The molecule has 2 N–H and O–H groups in total. The highest BCUT2D eigenvalue weighted by Crippen LogP contribution is 2.28. The molecule has 8 heteroatoms. The maximum Gasteiger partial charge on any atom is 0.268 e. The number of benzene rings is 1. The fraction of sp³-hybridized carbons (Fsp3) is 0.316. The van der Waals surface area contributed by atoms with E-state index in [-0.39, 0.29) is 22.3 Å². The summed E-state index contributed by atoms with van der Waals surface area (Å²) in [5.74, 6) is -1.22. The summed E-state index contributed by atoms with van der Waals surface area (Å²) in [7, 11) is 0. The molecule has 0 radical (unpaired) electrons. The molecule has 3 rings (SSSR count). The topological polar surface area (TPSA) is 73.8 Å². The summed E-state index contributed by atoms with van der Waals surface area (Å²) in [6.45, 7) is 2.64. The van der Waals surface area contributed by atoms with E-state index in [1.54, 1.807) is 16.8 Å². The van der Waals surface area contributed by atoms with Gasteiger partial charge in [-0.3, -0.25) is 4.79 Å². The predicted molar refractivity (Wildman–Crippen MR) is 98.1 cm³/mol. The van der Waals surface area contributed by atoms with Crippen molar-refractivity contribution >= 4 is 16.6 Å². The first-order valence-electron chi connectivity index (χ1n) is 8.66. The number of nitrogens with two attached hydrogens (primary N) is 1. The van der Waals surface area contributed by atoms with E-state index in [1.165, 1.54) is 6.07 Å². The number of halogens is 3. The lowest BCUT2D eigenvalue weighted by Crippen LogP contribution is -2.19. The minimum atomic E-state index is -2.81. The van der Waals surface area contributed by atoms with Gasteiger partial charge >= 0.3 is 0 Å². The molecule has 0 saturated heterocycles. The fourth-order valence-corrected chi connectivity index (χ4v) is 2.89. The molecule has 3 aromatic rings. The maximum absolute atomic E-state index is 14.6. The number of alkyl halides is 2. The highest BCUT2D eigenvalue weighted by Gasteiger charge is 2.17. The van der Waals surface area contributed by atoms with Gasteiger partial charge in [0.15, 0.2) is 5.82 Å².